The fourth-order valence-corrected chi connectivity index (χ4v) is 3.78. The van der Waals surface area contributed by atoms with Gasteiger partial charge in [-0.1, -0.05) is 6.92 Å². The summed E-state index contributed by atoms with van der Waals surface area (Å²) in [4.78, 5) is 0. The van der Waals surface area contributed by atoms with E-state index in [0.717, 1.165) is 45.3 Å². The van der Waals surface area contributed by atoms with E-state index in [1.54, 1.807) is 11.4 Å². The molecule has 20 heavy (non-hydrogen) atoms. The highest BCUT2D eigenvalue weighted by Gasteiger charge is 2.27. The van der Waals surface area contributed by atoms with Crippen molar-refractivity contribution >= 4 is 10.0 Å². The summed E-state index contributed by atoms with van der Waals surface area (Å²) in [6.45, 7) is 5.28. The van der Waals surface area contributed by atoms with E-state index >= 15 is 0 Å². The molecule has 0 aromatic carbocycles. The first kappa shape index (κ1) is 17.9. The fourth-order valence-electron chi connectivity index (χ4n) is 2.83. The van der Waals surface area contributed by atoms with Crippen LogP contribution in [0.5, 0.6) is 0 Å². The second-order valence-corrected chi connectivity index (χ2v) is 7.78. The second kappa shape index (κ2) is 8.97. The molecule has 0 aromatic heterocycles. The lowest BCUT2D eigenvalue weighted by atomic mass is 9.91. The summed E-state index contributed by atoms with van der Waals surface area (Å²) in [6, 6.07) is 0.430. The minimum atomic E-state index is -3.04. The Morgan fingerprint density at radius 1 is 1.45 bits per heavy atom. The van der Waals surface area contributed by atoms with E-state index < -0.39 is 10.0 Å². The highest BCUT2D eigenvalue weighted by Crippen LogP contribution is 2.23. The standard InChI is InChI=1S/C14H30N2O3S/c1-4-8-15-14(7-10-19-2)11-13-6-5-9-16(12-13)20(3,17)18/h13-15H,4-12H2,1-3H3. The van der Waals surface area contributed by atoms with Gasteiger partial charge < -0.3 is 10.1 Å². The molecule has 0 bridgehead atoms. The number of hydrogen-bond acceptors (Lipinski definition) is 4. The minimum Gasteiger partial charge on any atom is -0.385 e. The van der Waals surface area contributed by atoms with Crippen molar-refractivity contribution in [2.45, 2.75) is 45.1 Å². The van der Waals surface area contributed by atoms with Gasteiger partial charge in [-0.3, -0.25) is 0 Å². The zero-order valence-corrected chi connectivity index (χ0v) is 13.9. The van der Waals surface area contributed by atoms with Gasteiger partial charge in [0.15, 0.2) is 0 Å². The summed E-state index contributed by atoms with van der Waals surface area (Å²) in [5, 5.41) is 3.56. The summed E-state index contributed by atoms with van der Waals surface area (Å²) in [5.74, 6) is 0.463. The molecule has 1 aliphatic heterocycles. The molecule has 0 saturated carbocycles. The predicted molar refractivity (Wildman–Crippen MR) is 82.3 cm³/mol. The first-order valence-corrected chi connectivity index (χ1v) is 9.49. The van der Waals surface area contributed by atoms with Crippen LogP contribution in [-0.2, 0) is 14.8 Å². The molecule has 0 aromatic rings. The maximum atomic E-state index is 11.7. The minimum absolute atomic E-state index is 0.430. The molecule has 6 heteroatoms. The van der Waals surface area contributed by atoms with Crippen LogP contribution in [0.15, 0.2) is 0 Å². The molecular weight excluding hydrogens is 276 g/mol. The average molecular weight is 306 g/mol. The van der Waals surface area contributed by atoms with Crippen molar-refractivity contribution in [3.63, 3.8) is 0 Å². The third-order valence-corrected chi connectivity index (χ3v) is 5.19. The molecule has 5 nitrogen and oxygen atoms in total. The van der Waals surface area contributed by atoms with Crippen LogP contribution in [0.1, 0.15) is 39.0 Å². The molecule has 1 saturated heterocycles. The summed E-state index contributed by atoms with van der Waals surface area (Å²) in [7, 11) is -1.32. The molecule has 1 heterocycles. The van der Waals surface area contributed by atoms with Crippen molar-refractivity contribution in [2.24, 2.45) is 5.92 Å². The van der Waals surface area contributed by atoms with E-state index in [4.69, 9.17) is 4.74 Å². The highest BCUT2D eigenvalue weighted by molar-refractivity contribution is 7.88. The van der Waals surface area contributed by atoms with Crippen molar-refractivity contribution in [3.8, 4) is 0 Å². The van der Waals surface area contributed by atoms with Gasteiger partial charge in [0, 0.05) is 32.8 Å². The van der Waals surface area contributed by atoms with E-state index in [9.17, 15) is 8.42 Å². The van der Waals surface area contributed by atoms with Crippen LogP contribution in [0.4, 0.5) is 0 Å². The number of nitrogens with zero attached hydrogens (tertiary/aromatic N) is 1. The number of rotatable bonds is 9. The average Bonchev–Trinajstić information content (AvgIpc) is 2.41. The van der Waals surface area contributed by atoms with Gasteiger partial charge >= 0.3 is 0 Å². The summed E-state index contributed by atoms with van der Waals surface area (Å²) in [6.07, 6.45) is 6.56. The summed E-state index contributed by atoms with van der Waals surface area (Å²) >= 11 is 0. The van der Waals surface area contributed by atoms with Crippen LogP contribution >= 0.6 is 0 Å². The topological polar surface area (TPSA) is 58.6 Å². The lowest BCUT2D eigenvalue weighted by Crippen LogP contribution is -2.42. The van der Waals surface area contributed by atoms with E-state index in [1.165, 1.54) is 6.26 Å². The maximum Gasteiger partial charge on any atom is 0.211 e. The maximum absolute atomic E-state index is 11.7. The monoisotopic (exact) mass is 306 g/mol. The lowest BCUT2D eigenvalue weighted by Gasteiger charge is -2.33. The van der Waals surface area contributed by atoms with Gasteiger partial charge in [-0.15, -0.1) is 0 Å². The van der Waals surface area contributed by atoms with Gasteiger partial charge in [0.2, 0.25) is 10.0 Å². The molecule has 1 aliphatic rings. The Morgan fingerprint density at radius 3 is 2.80 bits per heavy atom. The van der Waals surface area contributed by atoms with Crippen molar-refractivity contribution < 1.29 is 13.2 Å². The van der Waals surface area contributed by atoms with Crippen LogP contribution in [0, 0.1) is 5.92 Å². The normalized spacial score (nSPS) is 22.9. The molecule has 0 spiro atoms. The largest absolute Gasteiger partial charge is 0.385 e. The quantitative estimate of drug-likeness (QED) is 0.700. The number of methoxy groups -OCH3 is 1. The third-order valence-electron chi connectivity index (χ3n) is 3.92. The molecule has 1 N–H and O–H groups in total. The number of nitrogens with one attached hydrogen (secondary N) is 1. The Morgan fingerprint density at radius 2 is 2.20 bits per heavy atom. The molecule has 0 radical (unpaired) electrons. The Labute approximate surface area is 124 Å². The van der Waals surface area contributed by atoms with Crippen LogP contribution in [0.2, 0.25) is 0 Å². The zero-order chi connectivity index (χ0) is 15.0. The number of piperidine rings is 1. The Kier molecular flexibility index (Phi) is 8.02. The third kappa shape index (κ3) is 6.52. The van der Waals surface area contributed by atoms with E-state index in [0.29, 0.717) is 25.0 Å². The van der Waals surface area contributed by atoms with Crippen molar-refractivity contribution in [3.05, 3.63) is 0 Å². The molecule has 1 fully saturated rings. The Balaban J connectivity index is 2.49. The Hall–Kier alpha value is -0.170. The SMILES string of the molecule is CCCNC(CCOC)CC1CCCN(S(C)(=O)=O)C1. The first-order chi connectivity index (χ1) is 9.47. The van der Waals surface area contributed by atoms with Crippen LogP contribution in [0.25, 0.3) is 0 Å². The highest BCUT2D eigenvalue weighted by atomic mass is 32.2. The smallest absolute Gasteiger partial charge is 0.211 e. The van der Waals surface area contributed by atoms with Gasteiger partial charge in [-0.2, -0.15) is 0 Å². The van der Waals surface area contributed by atoms with Gasteiger partial charge in [-0.25, -0.2) is 12.7 Å². The summed E-state index contributed by atoms with van der Waals surface area (Å²) < 4.78 is 30.1. The van der Waals surface area contributed by atoms with Gasteiger partial charge in [0.05, 0.1) is 6.26 Å². The Bertz CT molecular complexity index is 351. The lowest BCUT2D eigenvalue weighted by molar-refractivity contribution is 0.169. The zero-order valence-electron chi connectivity index (χ0n) is 13.1. The van der Waals surface area contributed by atoms with Gasteiger partial charge in [-0.05, 0) is 44.6 Å². The van der Waals surface area contributed by atoms with Crippen molar-refractivity contribution in [2.75, 3.05) is 39.6 Å². The number of hydrogen-bond donors (Lipinski definition) is 1. The van der Waals surface area contributed by atoms with Gasteiger partial charge in [0.1, 0.15) is 0 Å². The fraction of sp³-hybridized carbons (Fsp3) is 1.00. The van der Waals surface area contributed by atoms with E-state index in [2.05, 4.69) is 12.2 Å². The molecule has 0 aliphatic carbocycles. The molecule has 2 unspecified atom stereocenters. The predicted octanol–water partition coefficient (Wildman–Crippen LogP) is 1.45. The van der Waals surface area contributed by atoms with Crippen molar-refractivity contribution in [1.82, 2.24) is 9.62 Å². The number of ether oxygens (including phenoxy) is 1. The molecule has 1 rings (SSSR count). The van der Waals surface area contributed by atoms with Crippen LogP contribution in [-0.4, -0.2) is 58.4 Å². The van der Waals surface area contributed by atoms with Crippen LogP contribution < -0.4 is 5.32 Å². The molecule has 0 amide bonds. The van der Waals surface area contributed by atoms with E-state index in [1.807, 2.05) is 0 Å². The molecule has 2 atom stereocenters. The van der Waals surface area contributed by atoms with Crippen molar-refractivity contribution in [1.29, 1.82) is 0 Å². The van der Waals surface area contributed by atoms with Crippen LogP contribution in [0.3, 0.4) is 0 Å². The van der Waals surface area contributed by atoms with E-state index in [-0.39, 0.29) is 0 Å². The second-order valence-electron chi connectivity index (χ2n) is 5.80. The first-order valence-electron chi connectivity index (χ1n) is 7.64. The summed E-state index contributed by atoms with van der Waals surface area (Å²) in [5.41, 5.74) is 0. The molecular formula is C14H30N2O3S. The number of sulfonamides is 1. The van der Waals surface area contributed by atoms with Gasteiger partial charge in [0.25, 0.3) is 0 Å². The molecule has 120 valence electrons.